The summed E-state index contributed by atoms with van der Waals surface area (Å²) < 4.78 is 14.4. The maximum Gasteiger partial charge on any atom is 0.350 e. The van der Waals surface area contributed by atoms with Crippen LogP contribution in [-0.2, 0) is 17.9 Å². The number of halogens is 1. The normalized spacial score (nSPS) is 10.8. The Morgan fingerprint density at radius 1 is 1.00 bits per heavy atom. The van der Waals surface area contributed by atoms with Crippen molar-refractivity contribution in [3.05, 3.63) is 101 Å². The number of benzene rings is 3. The number of anilines is 2. The molecule has 0 aliphatic carbocycles. The van der Waals surface area contributed by atoms with E-state index in [1.54, 1.807) is 18.2 Å². The predicted molar refractivity (Wildman–Crippen MR) is 119 cm³/mol. The number of carbonyl (C=O) groups excluding carboxylic acids is 1. The lowest BCUT2D eigenvalue weighted by molar-refractivity contribution is -0.121. The summed E-state index contributed by atoms with van der Waals surface area (Å²) in [4.78, 5) is 31.5. The Hall–Kier alpha value is -4.00. The first kappa shape index (κ1) is 20.3. The first-order chi connectivity index (χ1) is 15.0. The second kappa shape index (κ2) is 8.79. The number of nitrogens with one attached hydrogen (secondary N) is 1. The highest BCUT2D eigenvalue weighted by atomic mass is 19.1. The standard InChI is InChI=1S/C24H21FN4O2/c1-28(19-7-3-2-4-8-19)23-20-9-5-6-10-21(20)29(24(31)27-23)16-22(30)26-15-17-11-13-18(25)14-12-17/h2-14H,15-16H2,1H3,(H,26,30). The van der Waals surface area contributed by atoms with E-state index < -0.39 is 5.69 Å². The number of hydrogen-bond acceptors (Lipinski definition) is 4. The molecule has 1 amide bonds. The molecule has 0 spiro atoms. The van der Waals surface area contributed by atoms with Gasteiger partial charge in [0.2, 0.25) is 5.91 Å². The maximum absolute atomic E-state index is 13.0. The van der Waals surface area contributed by atoms with Crippen molar-refractivity contribution in [3.8, 4) is 0 Å². The average molecular weight is 416 g/mol. The molecule has 1 N–H and O–H groups in total. The van der Waals surface area contributed by atoms with E-state index in [1.807, 2.05) is 60.5 Å². The van der Waals surface area contributed by atoms with Crippen LogP contribution in [0.15, 0.2) is 83.7 Å². The zero-order chi connectivity index (χ0) is 21.8. The Morgan fingerprint density at radius 3 is 2.42 bits per heavy atom. The van der Waals surface area contributed by atoms with Crippen LogP contribution in [0.1, 0.15) is 5.56 Å². The molecule has 1 heterocycles. The maximum atomic E-state index is 13.0. The number of carbonyl (C=O) groups is 1. The molecule has 6 nitrogen and oxygen atoms in total. The number of fused-ring (bicyclic) bond motifs is 1. The van der Waals surface area contributed by atoms with Gasteiger partial charge in [0.05, 0.1) is 5.52 Å². The average Bonchev–Trinajstić information content (AvgIpc) is 2.80. The molecule has 156 valence electrons. The molecule has 0 saturated heterocycles. The third-order valence-electron chi connectivity index (χ3n) is 5.03. The topological polar surface area (TPSA) is 67.2 Å². The quantitative estimate of drug-likeness (QED) is 0.521. The molecule has 0 aliphatic rings. The smallest absolute Gasteiger partial charge is 0.350 e. The number of aromatic nitrogens is 2. The second-order valence-electron chi connectivity index (χ2n) is 7.12. The van der Waals surface area contributed by atoms with Crippen molar-refractivity contribution in [2.45, 2.75) is 13.1 Å². The molecule has 3 aromatic carbocycles. The lowest BCUT2D eigenvalue weighted by Gasteiger charge is -2.21. The van der Waals surface area contributed by atoms with Gasteiger partial charge in [-0.1, -0.05) is 42.5 Å². The van der Waals surface area contributed by atoms with Gasteiger partial charge in [0, 0.05) is 24.7 Å². The Balaban J connectivity index is 1.61. The van der Waals surface area contributed by atoms with E-state index in [1.165, 1.54) is 16.7 Å². The molecule has 31 heavy (non-hydrogen) atoms. The van der Waals surface area contributed by atoms with Gasteiger partial charge in [-0.05, 0) is 42.0 Å². The van der Waals surface area contributed by atoms with Gasteiger partial charge in [0.15, 0.2) is 0 Å². The van der Waals surface area contributed by atoms with Gasteiger partial charge in [-0.15, -0.1) is 0 Å². The van der Waals surface area contributed by atoms with Crippen LogP contribution in [0.25, 0.3) is 10.9 Å². The van der Waals surface area contributed by atoms with E-state index in [4.69, 9.17) is 0 Å². The molecule has 0 radical (unpaired) electrons. The van der Waals surface area contributed by atoms with Crippen LogP contribution in [0.5, 0.6) is 0 Å². The number of amides is 1. The zero-order valence-corrected chi connectivity index (χ0v) is 17.0. The van der Waals surface area contributed by atoms with Gasteiger partial charge >= 0.3 is 5.69 Å². The fourth-order valence-corrected chi connectivity index (χ4v) is 3.40. The minimum Gasteiger partial charge on any atom is -0.350 e. The summed E-state index contributed by atoms with van der Waals surface area (Å²) >= 11 is 0. The highest BCUT2D eigenvalue weighted by molar-refractivity contribution is 5.92. The lowest BCUT2D eigenvalue weighted by Crippen LogP contribution is -2.34. The van der Waals surface area contributed by atoms with Crippen LogP contribution < -0.4 is 15.9 Å². The molecule has 0 unspecified atom stereocenters. The fourth-order valence-electron chi connectivity index (χ4n) is 3.40. The van der Waals surface area contributed by atoms with Gasteiger partial charge in [0.25, 0.3) is 0 Å². The Kier molecular flexibility index (Phi) is 5.75. The van der Waals surface area contributed by atoms with Crippen molar-refractivity contribution < 1.29 is 9.18 Å². The largest absolute Gasteiger partial charge is 0.350 e. The Morgan fingerprint density at radius 2 is 1.68 bits per heavy atom. The fraction of sp³-hybridized carbons (Fsp3) is 0.125. The third kappa shape index (κ3) is 4.45. The zero-order valence-electron chi connectivity index (χ0n) is 17.0. The van der Waals surface area contributed by atoms with Crippen LogP contribution in [0.4, 0.5) is 15.9 Å². The molecule has 1 aromatic heterocycles. The molecule has 7 heteroatoms. The van der Waals surface area contributed by atoms with Crippen molar-refractivity contribution >= 4 is 28.3 Å². The summed E-state index contributed by atoms with van der Waals surface area (Å²) in [5.41, 5.74) is 1.78. The van der Waals surface area contributed by atoms with Gasteiger partial charge in [-0.25, -0.2) is 9.18 Å². The molecule has 0 bridgehead atoms. The van der Waals surface area contributed by atoms with E-state index in [-0.39, 0.29) is 24.8 Å². The third-order valence-corrected chi connectivity index (χ3v) is 5.03. The van der Waals surface area contributed by atoms with Crippen molar-refractivity contribution in [2.75, 3.05) is 11.9 Å². The van der Waals surface area contributed by atoms with Crippen molar-refractivity contribution in [2.24, 2.45) is 0 Å². The molecule has 4 rings (SSSR count). The molecule has 0 saturated carbocycles. The summed E-state index contributed by atoms with van der Waals surface area (Å²) in [6.07, 6.45) is 0. The van der Waals surface area contributed by atoms with Gasteiger partial charge in [-0.3, -0.25) is 9.36 Å². The highest BCUT2D eigenvalue weighted by Crippen LogP contribution is 2.27. The van der Waals surface area contributed by atoms with Gasteiger partial charge < -0.3 is 10.2 Å². The SMILES string of the molecule is CN(c1ccccc1)c1nc(=O)n(CC(=O)NCc2ccc(F)cc2)c2ccccc12. The molecule has 0 fully saturated rings. The van der Waals surface area contributed by atoms with E-state index in [9.17, 15) is 14.0 Å². The molecule has 0 atom stereocenters. The monoisotopic (exact) mass is 416 g/mol. The van der Waals surface area contributed by atoms with Gasteiger partial charge in [-0.2, -0.15) is 4.98 Å². The number of hydrogen-bond donors (Lipinski definition) is 1. The van der Waals surface area contributed by atoms with Crippen LogP contribution in [0, 0.1) is 5.82 Å². The molecule has 0 aliphatic heterocycles. The minimum atomic E-state index is -0.506. The second-order valence-corrected chi connectivity index (χ2v) is 7.12. The summed E-state index contributed by atoms with van der Waals surface area (Å²) in [7, 11) is 1.85. The Bertz CT molecular complexity index is 1270. The van der Waals surface area contributed by atoms with E-state index >= 15 is 0 Å². The van der Waals surface area contributed by atoms with E-state index in [2.05, 4.69) is 10.3 Å². The van der Waals surface area contributed by atoms with Crippen LogP contribution >= 0.6 is 0 Å². The minimum absolute atomic E-state index is 0.164. The van der Waals surface area contributed by atoms with Gasteiger partial charge in [0.1, 0.15) is 18.2 Å². The van der Waals surface area contributed by atoms with E-state index in [0.717, 1.165) is 16.6 Å². The van der Waals surface area contributed by atoms with Crippen molar-refractivity contribution in [1.82, 2.24) is 14.9 Å². The van der Waals surface area contributed by atoms with Crippen LogP contribution in [-0.4, -0.2) is 22.5 Å². The predicted octanol–water partition coefficient (Wildman–Crippen LogP) is 3.62. The van der Waals surface area contributed by atoms with Crippen molar-refractivity contribution in [1.29, 1.82) is 0 Å². The Labute approximate surface area is 178 Å². The highest BCUT2D eigenvalue weighted by Gasteiger charge is 2.16. The first-order valence-corrected chi connectivity index (χ1v) is 9.82. The molecular weight excluding hydrogens is 395 g/mol. The molecule has 4 aromatic rings. The molecular formula is C24H21FN4O2. The first-order valence-electron chi connectivity index (χ1n) is 9.82. The van der Waals surface area contributed by atoms with E-state index in [0.29, 0.717) is 11.3 Å². The summed E-state index contributed by atoms with van der Waals surface area (Å²) in [5, 5.41) is 3.53. The summed E-state index contributed by atoms with van der Waals surface area (Å²) in [6.45, 7) is 0.0803. The lowest BCUT2D eigenvalue weighted by atomic mass is 10.2. The van der Waals surface area contributed by atoms with Crippen LogP contribution in [0.2, 0.25) is 0 Å². The number of nitrogens with zero attached hydrogens (tertiary/aromatic N) is 3. The summed E-state index contributed by atoms with van der Waals surface area (Å²) in [6, 6.07) is 22.9. The van der Waals surface area contributed by atoms with Crippen LogP contribution in [0.3, 0.4) is 0 Å². The number of rotatable bonds is 6. The summed E-state index contributed by atoms with van der Waals surface area (Å²) in [5.74, 6) is -0.142. The van der Waals surface area contributed by atoms with Crippen molar-refractivity contribution in [3.63, 3.8) is 0 Å². The number of para-hydroxylation sites is 2.